The van der Waals surface area contributed by atoms with Gasteiger partial charge in [-0.25, -0.2) is 0 Å². The van der Waals surface area contributed by atoms with E-state index >= 15 is 0 Å². The summed E-state index contributed by atoms with van der Waals surface area (Å²) in [6.07, 6.45) is 0. The zero-order valence-corrected chi connectivity index (χ0v) is 28.1. The Kier molecular flexibility index (Phi) is 6.75. The molecular weight excluding hydrogens is 623 g/mol. The van der Waals surface area contributed by atoms with Gasteiger partial charge in [0, 0.05) is 37.2 Å². The van der Waals surface area contributed by atoms with Gasteiger partial charge >= 0.3 is 0 Å². The van der Waals surface area contributed by atoms with Crippen molar-refractivity contribution in [2.75, 3.05) is 4.90 Å². The summed E-state index contributed by atoms with van der Waals surface area (Å²) in [6.45, 7) is 0. The van der Waals surface area contributed by atoms with Gasteiger partial charge < -0.3 is 4.90 Å². The molecule has 1 heterocycles. The van der Waals surface area contributed by atoms with E-state index in [-0.39, 0.29) is 0 Å². The van der Waals surface area contributed by atoms with Gasteiger partial charge in [0.2, 0.25) is 0 Å². The van der Waals surface area contributed by atoms with E-state index < -0.39 is 0 Å². The minimum absolute atomic E-state index is 1.12. The topological polar surface area (TPSA) is 3.24 Å². The third-order valence-electron chi connectivity index (χ3n) is 10.00. The fraction of sp³-hybridized carbons (Fsp3) is 0. The molecule has 10 rings (SSSR count). The molecule has 1 nitrogen and oxygen atoms in total. The summed E-state index contributed by atoms with van der Waals surface area (Å²) < 4.78 is 2.61. The fourth-order valence-electron chi connectivity index (χ4n) is 7.58. The van der Waals surface area contributed by atoms with Gasteiger partial charge in [0.1, 0.15) is 0 Å². The number of rotatable bonds is 5. The minimum atomic E-state index is 1.12. The number of nitrogens with zero attached hydrogens (tertiary/aromatic N) is 1. The summed E-state index contributed by atoms with van der Waals surface area (Å²) in [6, 6.07) is 68.7. The van der Waals surface area contributed by atoms with Gasteiger partial charge in [0.25, 0.3) is 0 Å². The predicted octanol–water partition coefficient (Wildman–Crippen LogP) is 14.3. The highest BCUT2D eigenvalue weighted by molar-refractivity contribution is 7.25. The maximum Gasteiger partial charge on any atom is 0.0476 e. The molecule has 0 aliphatic rings. The molecule has 0 unspecified atom stereocenters. The van der Waals surface area contributed by atoms with Gasteiger partial charge in [-0.2, -0.15) is 0 Å². The zero-order chi connectivity index (χ0) is 33.0. The number of hydrogen-bond donors (Lipinski definition) is 0. The Labute approximate surface area is 294 Å². The highest BCUT2D eigenvalue weighted by Crippen LogP contribution is 2.43. The minimum Gasteiger partial charge on any atom is -0.310 e. The van der Waals surface area contributed by atoms with Gasteiger partial charge in [0.05, 0.1) is 0 Å². The molecule has 10 aromatic rings. The van der Waals surface area contributed by atoms with E-state index in [2.05, 4.69) is 193 Å². The first-order chi connectivity index (χ1) is 24.8. The van der Waals surface area contributed by atoms with Crippen molar-refractivity contribution in [1.82, 2.24) is 0 Å². The SMILES string of the molecule is c1ccc(-c2cccc(N(c3ccc(-c4cc5ccccc5c5ccccc45)cc3)c3ccc4c(c3)sc3cc5ccccc5cc34)c2)cc1. The van der Waals surface area contributed by atoms with Gasteiger partial charge in [-0.1, -0.05) is 133 Å². The zero-order valence-electron chi connectivity index (χ0n) is 27.3. The molecule has 0 saturated heterocycles. The standard InChI is InChI=1S/C48H31NS/c1-2-11-32(12-3-1)34-16-10-17-39(27-34)49(40-25-26-44-46-28-35-13-4-5-14-36(35)30-47(46)50-48(44)31-40)38-23-21-33(22-24-38)45-29-37-15-6-7-18-41(37)42-19-8-9-20-43(42)45/h1-31H. The lowest BCUT2D eigenvalue weighted by atomic mass is 9.93. The van der Waals surface area contributed by atoms with Crippen molar-refractivity contribution >= 4 is 80.9 Å². The van der Waals surface area contributed by atoms with Gasteiger partial charge in [-0.3, -0.25) is 0 Å². The second kappa shape index (κ2) is 11.7. The Morgan fingerprint density at radius 3 is 1.74 bits per heavy atom. The van der Waals surface area contributed by atoms with E-state index in [1.165, 1.54) is 74.7 Å². The highest BCUT2D eigenvalue weighted by Gasteiger charge is 2.17. The summed E-state index contributed by atoms with van der Waals surface area (Å²) in [5.74, 6) is 0. The maximum atomic E-state index is 2.40. The fourth-order valence-corrected chi connectivity index (χ4v) is 8.74. The Morgan fingerprint density at radius 1 is 0.300 bits per heavy atom. The molecule has 0 amide bonds. The van der Waals surface area contributed by atoms with Crippen molar-refractivity contribution in [1.29, 1.82) is 0 Å². The van der Waals surface area contributed by atoms with Crippen LogP contribution < -0.4 is 4.90 Å². The average Bonchev–Trinajstić information content (AvgIpc) is 3.54. The van der Waals surface area contributed by atoms with E-state index in [0.717, 1.165) is 17.1 Å². The lowest BCUT2D eigenvalue weighted by molar-refractivity contribution is 1.29. The molecule has 0 aliphatic carbocycles. The van der Waals surface area contributed by atoms with Crippen LogP contribution in [0.4, 0.5) is 17.1 Å². The Hall–Kier alpha value is -6.22. The molecule has 1 aromatic heterocycles. The first kappa shape index (κ1) is 28.8. The third kappa shape index (κ3) is 4.84. The quantitative estimate of drug-likeness (QED) is 0.167. The van der Waals surface area contributed by atoms with Crippen molar-refractivity contribution in [2.45, 2.75) is 0 Å². The Balaban J connectivity index is 1.13. The second-order valence-corrected chi connectivity index (χ2v) is 14.1. The molecule has 0 radical (unpaired) electrons. The molecule has 0 bridgehead atoms. The van der Waals surface area contributed by atoms with Crippen LogP contribution in [0.5, 0.6) is 0 Å². The summed E-state index contributed by atoms with van der Waals surface area (Å²) in [5.41, 5.74) is 8.25. The van der Waals surface area contributed by atoms with Crippen molar-refractivity contribution in [3.8, 4) is 22.3 Å². The van der Waals surface area contributed by atoms with Crippen LogP contribution in [0.25, 0.3) is 74.7 Å². The monoisotopic (exact) mass is 653 g/mol. The van der Waals surface area contributed by atoms with Crippen molar-refractivity contribution in [3.05, 3.63) is 188 Å². The average molecular weight is 654 g/mol. The second-order valence-electron chi connectivity index (χ2n) is 13.0. The molecule has 234 valence electrons. The molecule has 0 saturated carbocycles. The number of hydrogen-bond acceptors (Lipinski definition) is 2. The van der Waals surface area contributed by atoms with Crippen LogP contribution in [-0.2, 0) is 0 Å². The lowest BCUT2D eigenvalue weighted by Gasteiger charge is -2.26. The summed E-state index contributed by atoms with van der Waals surface area (Å²) in [4.78, 5) is 2.40. The molecule has 0 N–H and O–H groups in total. The van der Waals surface area contributed by atoms with Crippen LogP contribution in [-0.4, -0.2) is 0 Å². The van der Waals surface area contributed by atoms with E-state index in [0.29, 0.717) is 0 Å². The maximum absolute atomic E-state index is 2.40. The van der Waals surface area contributed by atoms with E-state index in [1.54, 1.807) is 0 Å². The van der Waals surface area contributed by atoms with Crippen LogP contribution in [0.1, 0.15) is 0 Å². The number of anilines is 3. The van der Waals surface area contributed by atoms with Crippen LogP contribution in [0.15, 0.2) is 188 Å². The number of fused-ring (bicyclic) bond motifs is 7. The van der Waals surface area contributed by atoms with Crippen LogP contribution in [0.2, 0.25) is 0 Å². The smallest absolute Gasteiger partial charge is 0.0476 e. The predicted molar refractivity (Wildman–Crippen MR) is 217 cm³/mol. The molecule has 0 atom stereocenters. The molecule has 50 heavy (non-hydrogen) atoms. The molecule has 0 spiro atoms. The van der Waals surface area contributed by atoms with Gasteiger partial charge in [0.15, 0.2) is 0 Å². The Morgan fingerprint density at radius 2 is 0.920 bits per heavy atom. The molecule has 0 aliphatic heterocycles. The van der Waals surface area contributed by atoms with Crippen LogP contribution in [0.3, 0.4) is 0 Å². The van der Waals surface area contributed by atoms with Crippen LogP contribution >= 0.6 is 11.3 Å². The van der Waals surface area contributed by atoms with E-state index in [9.17, 15) is 0 Å². The van der Waals surface area contributed by atoms with Gasteiger partial charge in [-0.15, -0.1) is 11.3 Å². The molecule has 2 heteroatoms. The van der Waals surface area contributed by atoms with Crippen molar-refractivity contribution in [3.63, 3.8) is 0 Å². The molecular formula is C48H31NS. The highest BCUT2D eigenvalue weighted by atomic mass is 32.1. The first-order valence-corrected chi connectivity index (χ1v) is 17.9. The first-order valence-electron chi connectivity index (χ1n) is 17.1. The van der Waals surface area contributed by atoms with Gasteiger partial charge in [-0.05, 0) is 109 Å². The number of thiophene rings is 1. The molecule has 0 fully saturated rings. The lowest BCUT2D eigenvalue weighted by Crippen LogP contribution is -2.10. The summed E-state index contributed by atoms with van der Waals surface area (Å²) in [5, 5.41) is 10.3. The van der Waals surface area contributed by atoms with Crippen LogP contribution in [0, 0.1) is 0 Å². The Bertz CT molecular complexity index is 2870. The largest absolute Gasteiger partial charge is 0.310 e. The van der Waals surface area contributed by atoms with Crippen molar-refractivity contribution < 1.29 is 0 Å². The van der Waals surface area contributed by atoms with E-state index in [4.69, 9.17) is 0 Å². The summed E-state index contributed by atoms with van der Waals surface area (Å²) >= 11 is 1.87. The van der Waals surface area contributed by atoms with E-state index in [1.807, 2.05) is 11.3 Å². The normalized spacial score (nSPS) is 11.6. The van der Waals surface area contributed by atoms with Crippen molar-refractivity contribution in [2.24, 2.45) is 0 Å². The number of benzene rings is 9. The third-order valence-corrected chi connectivity index (χ3v) is 11.1. The molecule has 9 aromatic carbocycles. The summed E-state index contributed by atoms with van der Waals surface area (Å²) in [7, 11) is 0.